The van der Waals surface area contributed by atoms with E-state index in [0.29, 0.717) is 31.9 Å². The Morgan fingerprint density at radius 3 is 2.08 bits per heavy atom. The quantitative estimate of drug-likeness (QED) is 0.159. The number of halogens is 3. The summed E-state index contributed by atoms with van der Waals surface area (Å²) in [6.07, 6.45) is 5.04. The third kappa shape index (κ3) is 8.72. The number of anilines is 1. The van der Waals surface area contributed by atoms with Gasteiger partial charge in [-0.15, -0.1) is 0 Å². The molecule has 0 bridgehead atoms. The van der Waals surface area contributed by atoms with E-state index in [4.69, 9.17) is 34.8 Å². The van der Waals surface area contributed by atoms with Crippen molar-refractivity contribution in [3.63, 3.8) is 0 Å². The third-order valence-corrected chi connectivity index (χ3v) is 11.4. The molecule has 1 fully saturated rings. The number of hydrogen-bond donors (Lipinski definition) is 1. The molecule has 0 aromatic heterocycles. The van der Waals surface area contributed by atoms with Gasteiger partial charge in [-0.2, -0.15) is 0 Å². The van der Waals surface area contributed by atoms with Crippen LogP contribution < -0.4 is 9.62 Å². The van der Waals surface area contributed by atoms with Crippen LogP contribution in [0.25, 0.3) is 0 Å². The van der Waals surface area contributed by atoms with Crippen LogP contribution in [-0.4, -0.2) is 43.8 Å². The molecule has 2 amide bonds. The number of hydrogen-bond acceptors (Lipinski definition) is 4. The second-order valence-corrected chi connectivity index (χ2v) is 15.1. The topological polar surface area (TPSA) is 86.8 Å². The van der Waals surface area contributed by atoms with Crippen LogP contribution in [0.5, 0.6) is 0 Å². The fraction of sp³-hybridized carbons (Fsp3) is 0.297. The molecule has 1 aliphatic carbocycles. The highest BCUT2D eigenvalue weighted by molar-refractivity contribution is 7.92. The van der Waals surface area contributed by atoms with E-state index in [1.165, 1.54) is 17.0 Å². The van der Waals surface area contributed by atoms with Gasteiger partial charge in [-0.05, 0) is 73.4 Å². The van der Waals surface area contributed by atoms with Crippen molar-refractivity contribution in [1.82, 2.24) is 10.2 Å². The maximum Gasteiger partial charge on any atom is 0.264 e. The van der Waals surface area contributed by atoms with Crippen molar-refractivity contribution >= 4 is 62.3 Å². The smallest absolute Gasteiger partial charge is 0.264 e. The van der Waals surface area contributed by atoms with Gasteiger partial charge in [0.1, 0.15) is 12.6 Å². The van der Waals surface area contributed by atoms with Gasteiger partial charge in [-0.3, -0.25) is 13.9 Å². The van der Waals surface area contributed by atoms with E-state index >= 15 is 0 Å². The van der Waals surface area contributed by atoms with Gasteiger partial charge >= 0.3 is 0 Å². The van der Waals surface area contributed by atoms with Gasteiger partial charge in [0.25, 0.3) is 10.0 Å². The molecule has 1 saturated carbocycles. The maximum atomic E-state index is 14.8. The molecule has 48 heavy (non-hydrogen) atoms. The largest absolute Gasteiger partial charge is 0.352 e. The first kappa shape index (κ1) is 35.7. The zero-order valence-electron chi connectivity index (χ0n) is 26.6. The van der Waals surface area contributed by atoms with Crippen molar-refractivity contribution in [3.05, 3.63) is 129 Å². The average Bonchev–Trinajstić information content (AvgIpc) is 3.08. The number of rotatable bonds is 12. The van der Waals surface area contributed by atoms with E-state index in [1.807, 2.05) is 30.3 Å². The highest BCUT2D eigenvalue weighted by Crippen LogP contribution is 2.31. The van der Waals surface area contributed by atoms with Crippen LogP contribution in [0.3, 0.4) is 0 Å². The lowest BCUT2D eigenvalue weighted by molar-refractivity contribution is -0.140. The molecular weight excluding hydrogens is 689 g/mol. The molecule has 4 aromatic rings. The SMILES string of the molecule is Cc1cc(Cl)ccc1N(CC(=O)N(Cc1c(Cl)cccc1Cl)C(Cc1ccccc1)C(=O)NC1CCCCC1)S(=O)(=O)c1ccccc1. The van der Waals surface area contributed by atoms with E-state index < -0.39 is 28.5 Å². The molecule has 1 aliphatic rings. The Kier molecular flexibility index (Phi) is 12.1. The second-order valence-electron chi connectivity index (χ2n) is 12.0. The minimum Gasteiger partial charge on any atom is -0.352 e. The van der Waals surface area contributed by atoms with Crippen molar-refractivity contribution in [2.24, 2.45) is 0 Å². The summed E-state index contributed by atoms with van der Waals surface area (Å²) in [5.74, 6) is -0.915. The Morgan fingerprint density at radius 2 is 1.46 bits per heavy atom. The Bertz CT molecular complexity index is 1820. The van der Waals surface area contributed by atoms with Crippen molar-refractivity contribution in [1.29, 1.82) is 0 Å². The molecule has 4 aromatic carbocycles. The lowest BCUT2D eigenvalue weighted by Gasteiger charge is -2.35. The van der Waals surface area contributed by atoms with Crippen molar-refractivity contribution in [2.75, 3.05) is 10.8 Å². The fourth-order valence-electron chi connectivity index (χ4n) is 6.08. The highest BCUT2D eigenvalue weighted by Gasteiger charge is 2.36. The predicted octanol–water partition coefficient (Wildman–Crippen LogP) is 8.24. The molecule has 0 heterocycles. The first-order valence-electron chi connectivity index (χ1n) is 15.9. The summed E-state index contributed by atoms with van der Waals surface area (Å²) in [5, 5.41) is 4.28. The Labute approximate surface area is 297 Å². The predicted molar refractivity (Wildman–Crippen MR) is 193 cm³/mol. The summed E-state index contributed by atoms with van der Waals surface area (Å²) in [5.41, 5.74) is 2.15. The molecule has 0 saturated heterocycles. The van der Waals surface area contributed by atoms with Crippen LogP contribution in [0.2, 0.25) is 15.1 Å². The van der Waals surface area contributed by atoms with E-state index in [-0.39, 0.29) is 29.8 Å². The summed E-state index contributed by atoms with van der Waals surface area (Å²) < 4.78 is 29.6. The molecule has 1 unspecified atom stereocenters. The molecule has 252 valence electrons. The number of amides is 2. The molecule has 1 N–H and O–H groups in total. The average molecular weight is 727 g/mol. The van der Waals surface area contributed by atoms with E-state index in [0.717, 1.165) is 42.0 Å². The van der Waals surface area contributed by atoms with Gasteiger partial charge in [0.2, 0.25) is 11.8 Å². The normalized spacial score (nSPS) is 14.2. The Balaban J connectivity index is 1.60. The van der Waals surface area contributed by atoms with Crippen molar-refractivity contribution in [3.8, 4) is 0 Å². The van der Waals surface area contributed by atoms with Gasteiger partial charge in [-0.1, -0.05) is 109 Å². The highest BCUT2D eigenvalue weighted by atomic mass is 35.5. The maximum absolute atomic E-state index is 14.8. The van der Waals surface area contributed by atoms with Gasteiger partial charge in [0.05, 0.1) is 10.6 Å². The number of sulfonamides is 1. The van der Waals surface area contributed by atoms with Crippen LogP contribution in [0.15, 0.2) is 102 Å². The molecule has 0 radical (unpaired) electrons. The number of carbonyl (C=O) groups is 2. The standard InChI is InChI=1S/C37H38Cl3N3O4S/c1-26-22-28(38)20-21-34(26)43(48(46,47)30-16-9-4-10-17-30)25-36(44)42(24-31-32(39)18-11-19-33(31)40)35(23-27-12-5-2-6-13-27)37(45)41-29-14-7-3-8-15-29/h2,4-6,9-13,16-22,29,35H,3,7-8,14-15,23-25H2,1H3,(H,41,45). The lowest BCUT2D eigenvalue weighted by Crippen LogP contribution is -2.55. The van der Waals surface area contributed by atoms with Crippen LogP contribution in [0.1, 0.15) is 48.8 Å². The summed E-state index contributed by atoms with van der Waals surface area (Å²) in [7, 11) is -4.24. The summed E-state index contributed by atoms with van der Waals surface area (Å²) in [6, 6.07) is 26.2. The molecule has 5 rings (SSSR count). The van der Waals surface area contributed by atoms with Crippen LogP contribution in [0, 0.1) is 6.92 Å². The van der Waals surface area contributed by atoms with E-state index in [2.05, 4.69) is 5.32 Å². The van der Waals surface area contributed by atoms with Crippen molar-refractivity contribution < 1.29 is 18.0 Å². The zero-order chi connectivity index (χ0) is 34.3. The third-order valence-electron chi connectivity index (χ3n) is 8.65. The molecule has 7 nitrogen and oxygen atoms in total. The summed E-state index contributed by atoms with van der Waals surface area (Å²) >= 11 is 19.5. The number of carbonyl (C=O) groups excluding carboxylic acids is 2. The molecule has 11 heteroatoms. The Morgan fingerprint density at radius 1 is 0.833 bits per heavy atom. The summed E-state index contributed by atoms with van der Waals surface area (Å²) in [4.78, 5) is 30.5. The monoisotopic (exact) mass is 725 g/mol. The number of aryl methyl sites for hydroxylation is 1. The summed E-state index contributed by atoms with van der Waals surface area (Å²) in [6.45, 7) is 1.02. The second kappa shape index (κ2) is 16.2. The van der Waals surface area contributed by atoms with E-state index in [1.54, 1.807) is 61.5 Å². The van der Waals surface area contributed by atoms with Gasteiger partial charge < -0.3 is 10.2 Å². The number of benzene rings is 4. The van der Waals surface area contributed by atoms with Gasteiger partial charge in [0.15, 0.2) is 0 Å². The minimum absolute atomic E-state index is 0.0166. The molecule has 0 spiro atoms. The van der Waals surface area contributed by atoms with Crippen LogP contribution in [0.4, 0.5) is 5.69 Å². The first-order chi connectivity index (χ1) is 23.0. The number of nitrogens with one attached hydrogen (secondary N) is 1. The van der Waals surface area contributed by atoms with E-state index in [9.17, 15) is 18.0 Å². The van der Waals surface area contributed by atoms with Crippen LogP contribution >= 0.6 is 34.8 Å². The van der Waals surface area contributed by atoms with Crippen LogP contribution in [-0.2, 0) is 32.6 Å². The van der Waals surface area contributed by atoms with Gasteiger partial charge in [0, 0.05) is 39.6 Å². The van der Waals surface area contributed by atoms with Gasteiger partial charge in [-0.25, -0.2) is 8.42 Å². The fourth-order valence-corrected chi connectivity index (χ4v) is 8.33. The zero-order valence-corrected chi connectivity index (χ0v) is 29.7. The minimum atomic E-state index is -4.24. The first-order valence-corrected chi connectivity index (χ1v) is 18.5. The molecule has 0 aliphatic heterocycles. The lowest BCUT2D eigenvalue weighted by atomic mass is 9.94. The molecule has 1 atom stereocenters. The molecular formula is C37H38Cl3N3O4S. The van der Waals surface area contributed by atoms with Crippen molar-refractivity contribution in [2.45, 2.75) is 69.0 Å². The number of nitrogens with zero attached hydrogens (tertiary/aromatic N) is 2. The Hall–Kier alpha value is -3.56.